The molecule has 2 unspecified atom stereocenters. The van der Waals surface area contributed by atoms with Crippen molar-refractivity contribution in [3.05, 3.63) is 107 Å². The first-order valence-electron chi connectivity index (χ1n) is 14.4. The van der Waals surface area contributed by atoms with Crippen molar-refractivity contribution in [1.29, 1.82) is 0 Å². The molecule has 1 N–H and O–H groups in total. The molecule has 2 aliphatic rings. The molecule has 2 aliphatic carbocycles. The van der Waals surface area contributed by atoms with E-state index in [-0.39, 0.29) is 43.4 Å². The Balaban J connectivity index is 0.000000475. The van der Waals surface area contributed by atoms with E-state index in [0.29, 0.717) is 19.1 Å². The van der Waals surface area contributed by atoms with Gasteiger partial charge in [0.2, 0.25) is 0 Å². The van der Waals surface area contributed by atoms with Crippen LogP contribution in [0.2, 0.25) is 0 Å². The summed E-state index contributed by atoms with van der Waals surface area (Å²) < 4.78 is 0. The third-order valence-electron chi connectivity index (χ3n) is 8.83. The number of aliphatic hydroxyl groups excluding tert-OH is 1. The number of para-hydroxylation sites is 1. The van der Waals surface area contributed by atoms with E-state index in [4.69, 9.17) is 20.5 Å². The van der Waals surface area contributed by atoms with Crippen molar-refractivity contribution < 1.29 is 31.0 Å². The largest absolute Gasteiger partial charge is 2.00 e. The fourth-order valence-corrected chi connectivity index (χ4v) is 6.33. The second kappa shape index (κ2) is 13.4. The molecular formula is C34H38N6O2Pt. The Morgan fingerprint density at radius 1 is 1.07 bits per heavy atom. The zero-order valence-electron chi connectivity index (χ0n) is 25.3. The zero-order chi connectivity index (χ0) is 29.9. The van der Waals surface area contributed by atoms with Gasteiger partial charge in [-0.1, -0.05) is 63.5 Å². The first-order chi connectivity index (χ1) is 20.1. The van der Waals surface area contributed by atoms with Crippen molar-refractivity contribution in [3.63, 3.8) is 0 Å². The topological polar surface area (TPSA) is 107 Å². The van der Waals surface area contributed by atoms with E-state index in [0.717, 1.165) is 28.6 Å². The van der Waals surface area contributed by atoms with E-state index < -0.39 is 0 Å². The summed E-state index contributed by atoms with van der Waals surface area (Å²) in [6.45, 7) is 11.0. The number of pyridine rings is 2. The summed E-state index contributed by atoms with van der Waals surface area (Å²) in [7, 11) is 0. The molecule has 3 aromatic heterocycles. The molecule has 3 heterocycles. The fraction of sp³-hybridized carbons (Fsp3) is 0.353. The van der Waals surface area contributed by atoms with Crippen LogP contribution in [0.1, 0.15) is 70.3 Å². The SMILES string of the molecule is CC(=O)/C=C(/C)O.CC12CCC(c3c1n[n-]c3-c1cccc(N(C[N-]Cc3ccccn3)c3ccccc3)n1)C2(C)C.[Pt+2]. The molecule has 1 saturated carbocycles. The molecule has 226 valence electrons. The van der Waals surface area contributed by atoms with Gasteiger partial charge in [-0.05, 0) is 80.0 Å². The monoisotopic (exact) mass is 757 g/mol. The number of carbonyl (C=O) groups is 1. The number of ketones is 1. The summed E-state index contributed by atoms with van der Waals surface area (Å²) in [5.74, 6) is 1.27. The standard InChI is InChI=1S/C29H30N6.C5H8O2.Pt/c1-28(2)22-15-16-29(28,3)27-25(22)26(33-34-27)23-13-9-14-24(32-23)35(21-11-5-4-6-12-21)19-30-18-20-10-7-8-17-31-20;1-4(6)3-5(2)7;/h4-14,17,22H,15-16,18-19H2,1-3H3;3,6H,1-2H3;/q-2;;+2/b;4-3-;. The van der Waals surface area contributed by atoms with Gasteiger partial charge in [0.1, 0.15) is 5.82 Å². The second-order valence-electron chi connectivity index (χ2n) is 11.8. The van der Waals surface area contributed by atoms with Crippen molar-refractivity contribution in [3.8, 4) is 11.4 Å². The third-order valence-corrected chi connectivity index (χ3v) is 8.83. The predicted molar refractivity (Wildman–Crippen MR) is 166 cm³/mol. The number of carbonyl (C=O) groups excluding carboxylic acids is 1. The van der Waals surface area contributed by atoms with Crippen LogP contribution in [0.25, 0.3) is 16.7 Å². The summed E-state index contributed by atoms with van der Waals surface area (Å²) in [5.41, 5.74) is 6.63. The molecular weight excluding hydrogens is 719 g/mol. The molecule has 8 nitrogen and oxygen atoms in total. The van der Waals surface area contributed by atoms with Gasteiger partial charge < -0.3 is 25.5 Å². The maximum atomic E-state index is 10.0. The summed E-state index contributed by atoms with van der Waals surface area (Å²) in [5, 5.41) is 22.5. The van der Waals surface area contributed by atoms with Crippen LogP contribution < -0.4 is 10.00 Å². The van der Waals surface area contributed by atoms with E-state index in [1.807, 2.05) is 42.5 Å². The summed E-state index contributed by atoms with van der Waals surface area (Å²) >= 11 is 0. The van der Waals surface area contributed by atoms with Crippen molar-refractivity contribution in [2.24, 2.45) is 5.41 Å². The Kier molecular flexibility index (Phi) is 10.0. The van der Waals surface area contributed by atoms with E-state index >= 15 is 0 Å². The van der Waals surface area contributed by atoms with Crippen molar-refractivity contribution in [2.45, 2.75) is 65.3 Å². The van der Waals surface area contributed by atoms with Gasteiger partial charge >= 0.3 is 21.1 Å². The van der Waals surface area contributed by atoms with Crippen molar-refractivity contribution in [2.75, 3.05) is 11.6 Å². The Hall–Kier alpha value is -3.61. The quantitative estimate of drug-likeness (QED) is 0.148. The van der Waals surface area contributed by atoms with Crippen LogP contribution >= 0.6 is 0 Å². The van der Waals surface area contributed by atoms with Crippen molar-refractivity contribution in [1.82, 2.24) is 20.2 Å². The second-order valence-corrected chi connectivity index (χ2v) is 11.8. The van der Waals surface area contributed by atoms with Gasteiger partial charge in [0.05, 0.1) is 11.5 Å². The number of aliphatic hydroxyl groups is 1. The minimum Gasteiger partial charge on any atom is -0.640 e. The maximum absolute atomic E-state index is 10.0. The zero-order valence-corrected chi connectivity index (χ0v) is 27.5. The van der Waals surface area contributed by atoms with E-state index in [1.165, 1.54) is 44.0 Å². The molecule has 0 radical (unpaired) electrons. The Morgan fingerprint density at radius 2 is 1.81 bits per heavy atom. The number of allylic oxidation sites excluding steroid dienone is 2. The average Bonchev–Trinajstić information content (AvgIpc) is 3.56. The van der Waals surface area contributed by atoms with Gasteiger partial charge in [-0.2, -0.15) is 0 Å². The van der Waals surface area contributed by atoms with Crippen LogP contribution in [0.3, 0.4) is 0 Å². The minimum atomic E-state index is -0.125. The Bertz CT molecular complexity index is 1570. The van der Waals surface area contributed by atoms with Gasteiger partial charge in [-0.3, -0.25) is 9.78 Å². The number of hydrogen-bond acceptors (Lipinski definition) is 6. The van der Waals surface area contributed by atoms with Gasteiger partial charge in [0.25, 0.3) is 0 Å². The molecule has 1 fully saturated rings. The van der Waals surface area contributed by atoms with E-state index in [2.05, 4.69) is 60.0 Å². The normalized spacial score (nSPS) is 19.6. The third kappa shape index (κ3) is 6.51. The smallest absolute Gasteiger partial charge is 0.640 e. The molecule has 2 atom stereocenters. The first kappa shape index (κ1) is 32.3. The number of rotatable bonds is 8. The van der Waals surface area contributed by atoms with Gasteiger partial charge in [-0.25, -0.2) is 4.98 Å². The fourth-order valence-electron chi connectivity index (χ4n) is 6.33. The summed E-state index contributed by atoms with van der Waals surface area (Å²) in [6, 6.07) is 22.4. The molecule has 4 aromatic rings. The Morgan fingerprint density at radius 3 is 2.47 bits per heavy atom. The number of hydrogen-bond donors (Lipinski definition) is 1. The van der Waals surface area contributed by atoms with Crippen LogP contribution in [0.5, 0.6) is 0 Å². The van der Waals surface area contributed by atoms with Crippen LogP contribution in [0.4, 0.5) is 11.5 Å². The van der Waals surface area contributed by atoms with Crippen molar-refractivity contribution >= 4 is 17.3 Å². The number of aromatic nitrogens is 4. The molecule has 0 saturated heterocycles. The van der Waals surface area contributed by atoms with Crippen LogP contribution in [-0.2, 0) is 37.8 Å². The number of nitrogens with zero attached hydrogens (tertiary/aromatic N) is 6. The summed E-state index contributed by atoms with van der Waals surface area (Å²) in [4.78, 5) is 21.6. The molecule has 0 spiro atoms. The van der Waals surface area contributed by atoms with Crippen LogP contribution in [-0.4, -0.2) is 32.6 Å². The van der Waals surface area contributed by atoms with Crippen LogP contribution in [0, 0.1) is 5.41 Å². The maximum Gasteiger partial charge on any atom is 2.00 e. The number of anilines is 2. The molecule has 6 rings (SSSR count). The van der Waals surface area contributed by atoms with Gasteiger partial charge in [0, 0.05) is 34.8 Å². The number of benzene rings is 1. The molecule has 9 heteroatoms. The minimum absolute atomic E-state index is 0. The Labute approximate surface area is 268 Å². The predicted octanol–water partition coefficient (Wildman–Crippen LogP) is 7.37. The van der Waals surface area contributed by atoms with Crippen LogP contribution in [0.15, 0.2) is 84.8 Å². The van der Waals surface area contributed by atoms with Gasteiger partial charge in [-0.15, -0.1) is 6.54 Å². The first-order valence-corrected chi connectivity index (χ1v) is 14.4. The summed E-state index contributed by atoms with van der Waals surface area (Å²) in [6.07, 6.45) is 5.35. The molecule has 43 heavy (non-hydrogen) atoms. The molecule has 2 bridgehead atoms. The molecule has 1 aromatic carbocycles. The van der Waals surface area contributed by atoms with E-state index in [9.17, 15) is 4.79 Å². The van der Waals surface area contributed by atoms with E-state index in [1.54, 1.807) is 6.20 Å². The average molecular weight is 758 g/mol. The molecule has 0 amide bonds. The number of fused-ring (bicyclic) bond motifs is 5. The molecule has 0 aliphatic heterocycles. The van der Waals surface area contributed by atoms with Gasteiger partial charge in [0.15, 0.2) is 5.78 Å².